The average Bonchev–Trinajstić information content (AvgIpc) is 2.63. The second-order valence-corrected chi connectivity index (χ2v) is 4.88. The molecule has 0 aliphatic carbocycles. The van der Waals surface area contributed by atoms with Crippen LogP contribution in [0, 0.1) is 13.8 Å². The Kier molecular flexibility index (Phi) is 3.23. The number of hydrogen-bond donors (Lipinski definition) is 1. The van der Waals surface area contributed by atoms with Crippen molar-refractivity contribution >= 4 is 23.1 Å². The standard InChI is InChI=1S/C11H15N5S/c1-7-4-10(15-11(12)14-7)16(3)5-9-8(2)13-6-17-9/h4,6H,5H2,1-3H3,(H2,12,14,15). The molecule has 0 atom stereocenters. The fraction of sp³-hybridized carbons (Fsp3) is 0.364. The summed E-state index contributed by atoms with van der Waals surface area (Å²) >= 11 is 1.65. The molecule has 2 aromatic heterocycles. The van der Waals surface area contributed by atoms with E-state index in [9.17, 15) is 0 Å². The van der Waals surface area contributed by atoms with Gasteiger partial charge in [0.25, 0.3) is 0 Å². The molecule has 0 aliphatic rings. The molecule has 2 rings (SSSR count). The lowest BCUT2D eigenvalue weighted by molar-refractivity contribution is 0.893. The van der Waals surface area contributed by atoms with Gasteiger partial charge in [0.05, 0.1) is 17.7 Å². The van der Waals surface area contributed by atoms with Crippen LogP contribution in [0.4, 0.5) is 11.8 Å². The van der Waals surface area contributed by atoms with Crippen molar-refractivity contribution in [2.45, 2.75) is 20.4 Å². The normalized spacial score (nSPS) is 10.5. The molecule has 0 unspecified atom stereocenters. The van der Waals surface area contributed by atoms with Gasteiger partial charge in [0.2, 0.25) is 5.95 Å². The summed E-state index contributed by atoms with van der Waals surface area (Å²) in [7, 11) is 1.99. The third kappa shape index (κ3) is 2.71. The highest BCUT2D eigenvalue weighted by atomic mass is 32.1. The van der Waals surface area contributed by atoms with Crippen molar-refractivity contribution in [2.24, 2.45) is 0 Å². The van der Waals surface area contributed by atoms with Crippen LogP contribution >= 0.6 is 11.3 Å². The zero-order chi connectivity index (χ0) is 12.4. The van der Waals surface area contributed by atoms with E-state index in [1.165, 1.54) is 4.88 Å². The maximum absolute atomic E-state index is 5.64. The molecule has 0 amide bonds. The number of nitrogens with zero attached hydrogens (tertiary/aromatic N) is 4. The maximum atomic E-state index is 5.64. The molecule has 0 radical (unpaired) electrons. The van der Waals surface area contributed by atoms with Crippen molar-refractivity contribution in [3.63, 3.8) is 0 Å². The van der Waals surface area contributed by atoms with Crippen LogP contribution in [0.2, 0.25) is 0 Å². The first-order valence-electron chi connectivity index (χ1n) is 5.27. The number of anilines is 2. The second kappa shape index (κ2) is 4.67. The van der Waals surface area contributed by atoms with E-state index < -0.39 is 0 Å². The molecule has 0 saturated carbocycles. The molecule has 0 aliphatic heterocycles. The van der Waals surface area contributed by atoms with Gasteiger partial charge in [0.1, 0.15) is 5.82 Å². The Balaban J connectivity index is 2.20. The predicted octanol–water partition coefficient (Wildman–Crippen LogP) is 1.77. The first kappa shape index (κ1) is 11.8. The Bertz CT molecular complexity index is 502. The van der Waals surface area contributed by atoms with E-state index in [2.05, 4.69) is 15.0 Å². The number of hydrogen-bond acceptors (Lipinski definition) is 6. The molecule has 0 fully saturated rings. The van der Waals surface area contributed by atoms with Crippen molar-refractivity contribution < 1.29 is 0 Å². The van der Waals surface area contributed by atoms with Crippen LogP contribution < -0.4 is 10.6 Å². The molecule has 17 heavy (non-hydrogen) atoms. The van der Waals surface area contributed by atoms with Gasteiger partial charge in [0, 0.05) is 23.7 Å². The largest absolute Gasteiger partial charge is 0.368 e. The van der Waals surface area contributed by atoms with E-state index in [0.29, 0.717) is 5.95 Å². The van der Waals surface area contributed by atoms with Gasteiger partial charge >= 0.3 is 0 Å². The summed E-state index contributed by atoms with van der Waals surface area (Å²) in [6.45, 7) is 4.71. The van der Waals surface area contributed by atoms with E-state index in [4.69, 9.17) is 5.73 Å². The molecule has 2 N–H and O–H groups in total. The van der Waals surface area contributed by atoms with Gasteiger partial charge < -0.3 is 10.6 Å². The Morgan fingerprint density at radius 3 is 2.71 bits per heavy atom. The van der Waals surface area contributed by atoms with Crippen LogP contribution in [-0.4, -0.2) is 22.0 Å². The lowest BCUT2D eigenvalue weighted by Gasteiger charge is -2.18. The number of aromatic nitrogens is 3. The van der Waals surface area contributed by atoms with E-state index in [1.54, 1.807) is 11.3 Å². The van der Waals surface area contributed by atoms with Crippen molar-refractivity contribution in [1.82, 2.24) is 15.0 Å². The van der Waals surface area contributed by atoms with Crippen LogP contribution in [-0.2, 0) is 6.54 Å². The summed E-state index contributed by atoms with van der Waals surface area (Å²) in [6.07, 6.45) is 0. The first-order chi connectivity index (χ1) is 8.06. The molecule has 6 heteroatoms. The lowest BCUT2D eigenvalue weighted by Crippen LogP contribution is -2.18. The molecular weight excluding hydrogens is 234 g/mol. The van der Waals surface area contributed by atoms with Gasteiger partial charge in [-0.3, -0.25) is 0 Å². The predicted molar refractivity (Wildman–Crippen MR) is 70.1 cm³/mol. The van der Waals surface area contributed by atoms with E-state index >= 15 is 0 Å². The quantitative estimate of drug-likeness (QED) is 0.898. The number of thiazole rings is 1. The first-order valence-corrected chi connectivity index (χ1v) is 6.15. The van der Waals surface area contributed by atoms with Gasteiger partial charge in [-0.05, 0) is 13.8 Å². The molecule has 5 nitrogen and oxygen atoms in total. The Labute approximate surface area is 104 Å². The minimum Gasteiger partial charge on any atom is -0.368 e. The maximum Gasteiger partial charge on any atom is 0.222 e. The zero-order valence-corrected chi connectivity index (χ0v) is 11.0. The van der Waals surface area contributed by atoms with E-state index in [0.717, 1.165) is 23.8 Å². The molecule has 0 bridgehead atoms. The Hall–Kier alpha value is -1.69. The van der Waals surface area contributed by atoms with E-state index in [1.807, 2.05) is 37.4 Å². The molecule has 0 saturated heterocycles. The monoisotopic (exact) mass is 249 g/mol. The fourth-order valence-electron chi connectivity index (χ4n) is 1.54. The summed E-state index contributed by atoms with van der Waals surface area (Å²) in [5.41, 5.74) is 9.45. The van der Waals surface area contributed by atoms with Gasteiger partial charge in [0.15, 0.2) is 0 Å². The summed E-state index contributed by atoms with van der Waals surface area (Å²) in [4.78, 5) is 15.8. The molecule has 0 aromatic carbocycles. The van der Waals surface area contributed by atoms with Crippen molar-refractivity contribution in [3.05, 3.63) is 27.8 Å². The SMILES string of the molecule is Cc1cc(N(C)Cc2scnc2C)nc(N)n1. The van der Waals surface area contributed by atoms with Crippen LogP contribution in [0.15, 0.2) is 11.6 Å². The number of rotatable bonds is 3. The topological polar surface area (TPSA) is 67.9 Å². The smallest absolute Gasteiger partial charge is 0.222 e. The molecule has 90 valence electrons. The molecular formula is C11H15N5S. The zero-order valence-electron chi connectivity index (χ0n) is 10.1. The van der Waals surface area contributed by atoms with Crippen LogP contribution in [0.1, 0.15) is 16.3 Å². The fourth-order valence-corrected chi connectivity index (χ4v) is 2.37. The van der Waals surface area contributed by atoms with Gasteiger partial charge in [-0.15, -0.1) is 11.3 Å². The third-order valence-electron chi connectivity index (χ3n) is 2.47. The average molecular weight is 249 g/mol. The number of nitrogen functional groups attached to an aromatic ring is 1. The Morgan fingerprint density at radius 2 is 2.12 bits per heavy atom. The highest BCUT2D eigenvalue weighted by Crippen LogP contribution is 2.19. The summed E-state index contributed by atoms with van der Waals surface area (Å²) < 4.78 is 0. The molecule has 0 spiro atoms. The summed E-state index contributed by atoms with van der Waals surface area (Å²) in [5.74, 6) is 1.15. The molecule has 2 heterocycles. The molecule has 2 aromatic rings. The van der Waals surface area contributed by atoms with E-state index in [-0.39, 0.29) is 0 Å². The Morgan fingerprint density at radius 1 is 1.35 bits per heavy atom. The minimum atomic E-state index is 0.313. The highest BCUT2D eigenvalue weighted by molar-refractivity contribution is 7.09. The third-order valence-corrected chi connectivity index (χ3v) is 3.39. The highest BCUT2D eigenvalue weighted by Gasteiger charge is 2.09. The van der Waals surface area contributed by atoms with Crippen molar-refractivity contribution in [3.8, 4) is 0 Å². The van der Waals surface area contributed by atoms with Crippen molar-refractivity contribution in [2.75, 3.05) is 17.7 Å². The van der Waals surface area contributed by atoms with Crippen LogP contribution in [0.25, 0.3) is 0 Å². The number of aryl methyl sites for hydroxylation is 2. The summed E-state index contributed by atoms with van der Waals surface area (Å²) in [5, 5.41) is 0. The second-order valence-electron chi connectivity index (χ2n) is 3.94. The number of nitrogens with two attached hydrogens (primary N) is 1. The van der Waals surface area contributed by atoms with Gasteiger partial charge in [-0.2, -0.15) is 4.98 Å². The minimum absolute atomic E-state index is 0.313. The lowest BCUT2D eigenvalue weighted by atomic mass is 10.3. The van der Waals surface area contributed by atoms with Gasteiger partial charge in [-0.25, -0.2) is 9.97 Å². The van der Waals surface area contributed by atoms with Crippen molar-refractivity contribution in [1.29, 1.82) is 0 Å². The van der Waals surface area contributed by atoms with Crippen LogP contribution in [0.5, 0.6) is 0 Å². The van der Waals surface area contributed by atoms with Gasteiger partial charge in [-0.1, -0.05) is 0 Å². The van der Waals surface area contributed by atoms with Crippen LogP contribution in [0.3, 0.4) is 0 Å². The summed E-state index contributed by atoms with van der Waals surface area (Å²) in [6, 6.07) is 1.92.